The van der Waals surface area contributed by atoms with E-state index in [0.29, 0.717) is 61.6 Å². The molecule has 2 atom stereocenters. The highest BCUT2D eigenvalue weighted by molar-refractivity contribution is 5.86. The third-order valence-electron chi connectivity index (χ3n) is 18.9. The van der Waals surface area contributed by atoms with Gasteiger partial charge in [0.1, 0.15) is 40.7 Å². The van der Waals surface area contributed by atoms with Crippen LogP contribution in [0.3, 0.4) is 0 Å². The number of aryl methyl sites for hydroxylation is 14. The van der Waals surface area contributed by atoms with Crippen molar-refractivity contribution in [3.8, 4) is 0 Å². The van der Waals surface area contributed by atoms with Gasteiger partial charge in [-0.3, -0.25) is 0 Å². The Labute approximate surface area is 646 Å². The van der Waals surface area contributed by atoms with Gasteiger partial charge in [-0.15, -0.1) is 0 Å². The van der Waals surface area contributed by atoms with Crippen LogP contribution in [-0.4, -0.2) is 32.2 Å². The molecule has 0 amide bonds. The minimum Gasteiger partial charge on any atom is -0.378 e. The monoisotopic (exact) mass is 1500 g/mol. The van der Waals surface area contributed by atoms with E-state index in [9.17, 15) is 39.5 Å². The fourth-order valence-corrected chi connectivity index (χ4v) is 11.2. The molecule has 3 nitrogen and oxygen atoms in total. The summed E-state index contributed by atoms with van der Waals surface area (Å²) in [6.45, 7) is 44.8. The Hall–Kier alpha value is -8.55. The Morgan fingerprint density at radius 1 is 0.229 bits per heavy atom. The predicted molar refractivity (Wildman–Crippen MR) is 441 cm³/mol. The van der Waals surface area contributed by atoms with Crippen LogP contribution in [0, 0.1) is 187 Å². The minimum atomic E-state index is -0.736. The van der Waals surface area contributed by atoms with Gasteiger partial charge < -0.3 is 14.2 Å². The molecule has 12 heteroatoms. The molecule has 0 aromatic heterocycles. The lowest BCUT2D eigenvalue weighted by atomic mass is 9.84. The summed E-state index contributed by atoms with van der Waals surface area (Å²) in [5, 5.41) is 5.45. The van der Waals surface area contributed by atoms with E-state index in [0.717, 1.165) is 65.2 Å². The van der Waals surface area contributed by atoms with E-state index >= 15 is 0 Å². The first-order chi connectivity index (χ1) is 51.3. The van der Waals surface area contributed by atoms with E-state index in [-0.39, 0.29) is 34.9 Å². The fraction of sp³-hybridized carbons (Fsp3) is 0.381. The highest BCUT2D eigenvalue weighted by atomic mass is 19.2. The molecule has 0 bridgehead atoms. The van der Waals surface area contributed by atoms with Gasteiger partial charge >= 0.3 is 0 Å². The highest BCUT2D eigenvalue weighted by Crippen LogP contribution is 2.29. The summed E-state index contributed by atoms with van der Waals surface area (Å²) < 4.78 is 132. The van der Waals surface area contributed by atoms with Crippen molar-refractivity contribution in [1.82, 2.24) is 0 Å². The number of benzene rings is 11. The van der Waals surface area contributed by atoms with E-state index < -0.39 is 34.9 Å². The van der Waals surface area contributed by atoms with Crippen molar-refractivity contribution >= 4 is 32.3 Å². The minimum absolute atomic E-state index is 0.0196. The molecule has 2 unspecified atom stereocenters. The van der Waals surface area contributed by atoms with Gasteiger partial charge in [0.25, 0.3) is 0 Å². The highest BCUT2D eigenvalue weighted by Gasteiger charge is 2.16. The number of ether oxygens (including phenoxy) is 3. The molecule has 14 rings (SSSR count). The summed E-state index contributed by atoms with van der Waals surface area (Å²) in [4.78, 5) is 0. The molecule has 3 fully saturated rings. The van der Waals surface area contributed by atoms with E-state index in [1.165, 1.54) is 130 Å². The number of fused-ring (bicyclic) bond motifs is 3. The second-order valence-corrected chi connectivity index (χ2v) is 30.2. The zero-order valence-electron chi connectivity index (χ0n) is 68.7. The number of halogens is 9. The molecule has 1 aliphatic carbocycles. The molecule has 11 aromatic carbocycles. The van der Waals surface area contributed by atoms with Crippen molar-refractivity contribution in [2.75, 3.05) is 19.8 Å². The zero-order valence-corrected chi connectivity index (χ0v) is 68.7. The molecule has 2 aliphatic heterocycles. The van der Waals surface area contributed by atoms with Crippen molar-refractivity contribution in [1.29, 1.82) is 0 Å². The van der Waals surface area contributed by atoms with Crippen molar-refractivity contribution in [3.05, 3.63) is 317 Å². The third-order valence-corrected chi connectivity index (χ3v) is 18.9. The predicted octanol–water partition coefficient (Wildman–Crippen LogP) is 28.8. The van der Waals surface area contributed by atoms with Gasteiger partial charge in [0, 0.05) is 34.4 Å². The van der Waals surface area contributed by atoms with Gasteiger partial charge in [-0.1, -0.05) is 232 Å². The van der Waals surface area contributed by atoms with Crippen LogP contribution in [0.1, 0.15) is 169 Å². The van der Waals surface area contributed by atoms with Gasteiger partial charge in [-0.05, 0) is 252 Å². The van der Waals surface area contributed by atoms with E-state index in [1.54, 1.807) is 64.1 Å². The lowest BCUT2D eigenvalue weighted by molar-refractivity contribution is -0.187. The van der Waals surface area contributed by atoms with Crippen LogP contribution in [0.25, 0.3) is 32.3 Å². The molecule has 0 spiro atoms. The standard InChI is InChI=1S/C12H10F2.C12H11F.C12H12.2C8H8F2.2C8H9F.C8H16.C8H10.C7H14O.C6H12O2/c1-7-3-4-10-9(5-7)6-11(13)8(2)12(10)14;1-8-3-6-11-10(7-8)5-4-9(2)12(11)13;1-9-3-5-12-8-10(2)4-6-11(12)7-9;1-5-3-7(9)6(2)8(10)4-5;1-5-3-4-6(2)8(10)7(5)9;2*1-6-3-4-7(2)8(9)5-6;2*1-7-3-5-8(2)6-4-7;1-6-3-4-7(2)8-5-6;1-5-3-7-6(2)8-4-5/h3-6H,1-2H3;3-7H,1-2H3;3-8H,1-2H3;2*3-4H,1-2H3;2*3-5H,1-2H3;7-8H,3-6H2,1-2H3;3-6H,1-2H3;6-7H,3-5H2,1-2H3;5-6H,3-4H2,1-2H3. The van der Waals surface area contributed by atoms with Gasteiger partial charge in [0.2, 0.25) is 0 Å². The molecule has 588 valence electrons. The maximum Gasteiger partial charge on any atom is 0.161 e. The van der Waals surface area contributed by atoms with Crippen LogP contribution >= 0.6 is 0 Å². The Morgan fingerprint density at radius 3 is 0.917 bits per heavy atom. The largest absolute Gasteiger partial charge is 0.378 e. The Morgan fingerprint density at radius 2 is 0.532 bits per heavy atom. The van der Waals surface area contributed by atoms with Crippen molar-refractivity contribution in [2.45, 2.75) is 203 Å². The SMILES string of the molecule is CC1CCC(C)CC1.CC1CCC(C)OC1.CC1COC(C)OC1.Cc1cc(F)c(C)c(F)c1.Cc1ccc(C)c(F)c1.Cc1ccc(C)c(F)c1.Cc1ccc(C)c(F)c1F.Cc1ccc(C)cc1.Cc1ccc2c(F)c(C)c(F)cc2c1.Cc1ccc2c(F)c(C)ccc2c1.Cc1ccc2cc(C)ccc2c1. The fourth-order valence-electron chi connectivity index (χ4n) is 11.2. The summed E-state index contributed by atoms with van der Waals surface area (Å²) in [5.41, 5.74) is 13.0. The molecule has 0 N–H and O–H groups in total. The third kappa shape index (κ3) is 33.7. The maximum absolute atomic E-state index is 13.6. The Balaban J connectivity index is 0.000000255. The average Bonchev–Trinajstić information content (AvgIpc) is 0.802. The van der Waals surface area contributed by atoms with E-state index in [4.69, 9.17) is 14.2 Å². The lowest BCUT2D eigenvalue weighted by Crippen LogP contribution is -2.27. The van der Waals surface area contributed by atoms with Crippen LogP contribution < -0.4 is 0 Å². The summed E-state index contributed by atoms with van der Waals surface area (Å²) in [6.07, 6.45) is 9.03. The summed E-state index contributed by atoms with van der Waals surface area (Å²) in [5.74, 6) is -0.284. The number of rotatable bonds is 0. The molecule has 0 radical (unpaired) electrons. The molecule has 2 heterocycles. The van der Waals surface area contributed by atoms with Gasteiger partial charge in [0.05, 0.1) is 19.3 Å². The maximum atomic E-state index is 13.6. The van der Waals surface area contributed by atoms with Crippen LogP contribution in [0.4, 0.5) is 39.5 Å². The molecule has 109 heavy (non-hydrogen) atoms. The van der Waals surface area contributed by atoms with Crippen LogP contribution in [0.15, 0.2) is 176 Å². The van der Waals surface area contributed by atoms with Crippen molar-refractivity contribution in [2.24, 2.45) is 23.7 Å². The number of hydrogen-bond donors (Lipinski definition) is 0. The van der Waals surface area contributed by atoms with Crippen LogP contribution in [0.5, 0.6) is 0 Å². The van der Waals surface area contributed by atoms with E-state index in [1.807, 2.05) is 83.1 Å². The first kappa shape index (κ1) is 92.8. The Bertz CT molecular complexity index is 4340. The van der Waals surface area contributed by atoms with Gasteiger partial charge in [-0.2, -0.15) is 0 Å². The second-order valence-electron chi connectivity index (χ2n) is 30.2. The quantitative estimate of drug-likeness (QED) is 0.142. The molecule has 1 saturated carbocycles. The molecule has 3 aliphatic rings. The molecule has 11 aromatic rings. The number of hydrogen-bond acceptors (Lipinski definition) is 3. The first-order valence-corrected chi connectivity index (χ1v) is 38.0. The lowest BCUT2D eigenvalue weighted by Gasteiger charge is -2.24. The molecular weight excluding hydrogens is 1380 g/mol. The van der Waals surface area contributed by atoms with Crippen LogP contribution in [-0.2, 0) is 14.2 Å². The van der Waals surface area contributed by atoms with Gasteiger partial charge in [-0.25, -0.2) is 39.5 Å². The molecular formula is C97H119F9O3. The van der Waals surface area contributed by atoms with Gasteiger partial charge in [0.15, 0.2) is 17.9 Å². The van der Waals surface area contributed by atoms with Crippen molar-refractivity contribution in [3.63, 3.8) is 0 Å². The summed E-state index contributed by atoms with van der Waals surface area (Å²) >= 11 is 0. The molecule has 2 saturated heterocycles. The van der Waals surface area contributed by atoms with Crippen LogP contribution in [0.2, 0.25) is 0 Å². The summed E-state index contributed by atoms with van der Waals surface area (Å²) in [7, 11) is 0. The topological polar surface area (TPSA) is 27.7 Å². The second kappa shape index (κ2) is 46.8. The first-order valence-electron chi connectivity index (χ1n) is 38.0. The zero-order chi connectivity index (χ0) is 81.4. The smallest absolute Gasteiger partial charge is 0.161 e. The summed E-state index contributed by atoms with van der Waals surface area (Å²) in [6, 6.07) is 54.0. The Kier molecular flexibility index (Phi) is 39.9. The van der Waals surface area contributed by atoms with E-state index in [2.05, 4.69) is 123 Å². The average molecular weight is 1500 g/mol. The van der Waals surface area contributed by atoms with Crippen molar-refractivity contribution < 1.29 is 53.7 Å². The normalized spacial score (nSPS) is 16.7.